The van der Waals surface area contributed by atoms with Gasteiger partial charge in [-0.15, -0.1) is 0 Å². The molecule has 1 aromatic rings. The van der Waals surface area contributed by atoms with Crippen molar-refractivity contribution in [3.63, 3.8) is 0 Å². The van der Waals surface area contributed by atoms with E-state index in [0.717, 1.165) is 19.7 Å². The molecule has 1 aromatic carbocycles. The van der Waals surface area contributed by atoms with E-state index in [2.05, 4.69) is 43.1 Å². The van der Waals surface area contributed by atoms with E-state index in [1.54, 1.807) is 7.11 Å². The molecule has 0 aromatic heterocycles. The summed E-state index contributed by atoms with van der Waals surface area (Å²) in [7, 11) is 3.78. The van der Waals surface area contributed by atoms with Crippen LogP contribution < -0.4 is 5.73 Å². The van der Waals surface area contributed by atoms with E-state index >= 15 is 0 Å². The van der Waals surface area contributed by atoms with Crippen molar-refractivity contribution in [1.29, 1.82) is 0 Å². The summed E-state index contributed by atoms with van der Waals surface area (Å²) in [6.07, 6.45) is 0. The monoisotopic (exact) mass is 222 g/mol. The lowest BCUT2D eigenvalue weighted by Gasteiger charge is -2.21. The van der Waals surface area contributed by atoms with Crippen LogP contribution in [-0.2, 0) is 4.74 Å². The number of likely N-dealkylation sites (N-methyl/N-ethyl adjacent to an activating group) is 1. The molecule has 0 radical (unpaired) electrons. The van der Waals surface area contributed by atoms with Gasteiger partial charge in [-0.3, -0.25) is 0 Å². The van der Waals surface area contributed by atoms with Crippen LogP contribution in [0.1, 0.15) is 17.2 Å². The largest absolute Gasteiger partial charge is 0.383 e. The molecule has 90 valence electrons. The zero-order chi connectivity index (χ0) is 12.0. The van der Waals surface area contributed by atoms with Crippen molar-refractivity contribution in [2.45, 2.75) is 13.0 Å². The van der Waals surface area contributed by atoms with Crippen molar-refractivity contribution in [1.82, 2.24) is 4.90 Å². The topological polar surface area (TPSA) is 38.5 Å². The number of hydrogen-bond donors (Lipinski definition) is 1. The van der Waals surface area contributed by atoms with Crippen LogP contribution in [0.5, 0.6) is 0 Å². The van der Waals surface area contributed by atoms with E-state index in [1.807, 2.05) is 0 Å². The van der Waals surface area contributed by atoms with Crippen LogP contribution in [0.2, 0.25) is 0 Å². The molecule has 0 fully saturated rings. The highest BCUT2D eigenvalue weighted by atomic mass is 16.5. The lowest BCUT2D eigenvalue weighted by molar-refractivity contribution is 0.158. The summed E-state index contributed by atoms with van der Waals surface area (Å²) in [4.78, 5) is 2.19. The van der Waals surface area contributed by atoms with Gasteiger partial charge >= 0.3 is 0 Å². The molecule has 2 N–H and O–H groups in total. The molecule has 0 saturated heterocycles. The minimum atomic E-state index is 0.0711. The van der Waals surface area contributed by atoms with Crippen LogP contribution in [0.3, 0.4) is 0 Å². The van der Waals surface area contributed by atoms with Gasteiger partial charge in [0.2, 0.25) is 0 Å². The number of nitrogens with zero attached hydrogens (tertiary/aromatic N) is 1. The molecule has 3 heteroatoms. The van der Waals surface area contributed by atoms with E-state index in [0.29, 0.717) is 0 Å². The predicted octanol–water partition coefficient (Wildman–Crippen LogP) is 1.57. The van der Waals surface area contributed by atoms with Gasteiger partial charge in [-0.25, -0.2) is 0 Å². The molecule has 0 aliphatic heterocycles. The fraction of sp³-hybridized carbons (Fsp3) is 0.538. The first-order valence-corrected chi connectivity index (χ1v) is 5.63. The highest BCUT2D eigenvalue weighted by Gasteiger charge is 2.08. The fourth-order valence-corrected chi connectivity index (χ4v) is 1.68. The van der Waals surface area contributed by atoms with Crippen LogP contribution >= 0.6 is 0 Å². The van der Waals surface area contributed by atoms with Gasteiger partial charge in [0, 0.05) is 26.2 Å². The van der Waals surface area contributed by atoms with Crippen LogP contribution in [0, 0.1) is 6.92 Å². The maximum Gasteiger partial charge on any atom is 0.0589 e. The van der Waals surface area contributed by atoms with Gasteiger partial charge in [-0.05, 0) is 19.5 Å². The van der Waals surface area contributed by atoms with Gasteiger partial charge in [0.15, 0.2) is 0 Å². The van der Waals surface area contributed by atoms with Gasteiger partial charge in [0.25, 0.3) is 0 Å². The van der Waals surface area contributed by atoms with Crippen molar-refractivity contribution < 1.29 is 4.74 Å². The summed E-state index contributed by atoms with van der Waals surface area (Å²) < 4.78 is 5.04. The summed E-state index contributed by atoms with van der Waals surface area (Å²) in [6, 6.07) is 8.45. The Balaban J connectivity index is 2.48. The Morgan fingerprint density at radius 2 is 2.19 bits per heavy atom. The number of benzene rings is 1. The molecule has 1 rings (SSSR count). The lowest BCUT2D eigenvalue weighted by atomic mass is 10.0. The molecule has 3 nitrogen and oxygen atoms in total. The third-order valence-corrected chi connectivity index (χ3v) is 2.66. The van der Waals surface area contributed by atoms with E-state index < -0.39 is 0 Å². The second-order valence-corrected chi connectivity index (χ2v) is 4.28. The summed E-state index contributed by atoms with van der Waals surface area (Å²) in [5.74, 6) is 0. The molecule has 1 atom stereocenters. The Bertz CT molecular complexity index is 315. The molecule has 0 bridgehead atoms. The molecule has 0 saturated carbocycles. The third-order valence-electron chi connectivity index (χ3n) is 2.66. The van der Waals surface area contributed by atoms with Crippen molar-refractivity contribution in [2.24, 2.45) is 5.73 Å². The SMILES string of the molecule is COCCN(C)CC(N)c1cccc(C)c1. The average molecular weight is 222 g/mol. The number of methoxy groups -OCH3 is 1. The van der Waals surface area contributed by atoms with E-state index in [9.17, 15) is 0 Å². The van der Waals surface area contributed by atoms with Crippen LogP contribution in [0.4, 0.5) is 0 Å². The predicted molar refractivity (Wildman–Crippen MR) is 67.5 cm³/mol. The van der Waals surface area contributed by atoms with Gasteiger partial charge < -0.3 is 15.4 Å². The lowest BCUT2D eigenvalue weighted by Crippen LogP contribution is -2.31. The first-order chi connectivity index (χ1) is 7.63. The molecule has 0 aliphatic carbocycles. The molecule has 0 heterocycles. The summed E-state index contributed by atoms with van der Waals surface area (Å²) in [5, 5.41) is 0. The number of aryl methyl sites for hydroxylation is 1. The third kappa shape index (κ3) is 4.31. The second kappa shape index (κ2) is 6.63. The number of hydrogen-bond acceptors (Lipinski definition) is 3. The van der Waals surface area contributed by atoms with Crippen molar-refractivity contribution in [3.05, 3.63) is 35.4 Å². The highest BCUT2D eigenvalue weighted by molar-refractivity contribution is 5.24. The Kier molecular flexibility index (Phi) is 5.46. The molecule has 0 amide bonds. The standard InChI is InChI=1S/C13H22N2O/c1-11-5-4-6-12(9-11)13(14)10-15(2)7-8-16-3/h4-6,9,13H,7-8,10,14H2,1-3H3. The number of ether oxygens (including phenoxy) is 1. The summed E-state index contributed by atoms with van der Waals surface area (Å²) >= 11 is 0. The summed E-state index contributed by atoms with van der Waals surface area (Å²) in [6.45, 7) is 4.60. The van der Waals surface area contributed by atoms with Gasteiger partial charge in [-0.2, -0.15) is 0 Å². The van der Waals surface area contributed by atoms with Crippen molar-refractivity contribution >= 4 is 0 Å². The zero-order valence-corrected chi connectivity index (χ0v) is 10.4. The Hall–Kier alpha value is -0.900. The molecular formula is C13H22N2O. The minimum absolute atomic E-state index is 0.0711. The molecule has 0 aliphatic rings. The highest BCUT2D eigenvalue weighted by Crippen LogP contribution is 2.12. The van der Waals surface area contributed by atoms with E-state index in [4.69, 9.17) is 10.5 Å². The van der Waals surface area contributed by atoms with Crippen LogP contribution in [0.25, 0.3) is 0 Å². The average Bonchev–Trinajstić information content (AvgIpc) is 2.26. The Labute approximate surface area is 98.2 Å². The second-order valence-electron chi connectivity index (χ2n) is 4.28. The van der Waals surface area contributed by atoms with Crippen LogP contribution in [-0.4, -0.2) is 38.8 Å². The minimum Gasteiger partial charge on any atom is -0.383 e. The number of rotatable bonds is 6. The van der Waals surface area contributed by atoms with Gasteiger partial charge in [-0.1, -0.05) is 29.8 Å². The molecule has 0 spiro atoms. The Morgan fingerprint density at radius 1 is 1.44 bits per heavy atom. The normalized spacial score (nSPS) is 13.1. The van der Waals surface area contributed by atoms with Crippen molar-refractivity contribution in [3.8, 4) is 0 Å². The molecule has 1 unspecified atom stereocenters. The maximum absolute atomic E-state index is 6.15. The smallest absolute Gasteiger partial charge is 0.0589 e. The maximum atomic E-state index is 6.15. The fourth-order valence-electron chi connectivity index (χ4n) is 1.68. The first-order valence-electron chi connectivity index (χ1n) is 5.63. The van der Waals surface area contributed by atoms with E-state index in [1.165, 1.54) is 11.1 Å². The zero-order valence-electron chi connectivity index (χ0n) is 10.4. The van der Waals surface area contributed by atoms with Gasteiger partial charge in [0.1, 0.15) is 0 Å². The first kappa shape index (κ1) is 13.2. The van der Waals surface area contributed by atoms with Gasteiger partial charge in [0.05, 0.1) is 6.61 Å². The quantitative estimate of drug-likeness (QED) is 0.794. The molecular weight excluding hydrogens is 200 g/mol. The van der Waals surface area contributed by atoms with Crippen molar-refractivity contribution in [2.75, 3.05) is 33.9 Å². The summed E-state index contributed by atoms with van der Waals surface area (Å²) in [5.41, 5.74) is 8.61. The Morgan fingerprint density at radius 3 is 2.81 bits per heavy atom. The van der Waals surface area contributed by atoms with Crippen LogP contribution in [0.15, 0.2) is 24.3 Å². The molecule has 16 heavy (non-hydrogen) atoms. The number of nitrogens with two attached hydrogens (primary N) is 1. The van der Waals surface area contributed by atoms with E-state index in [-0.39, 0.29) is 6.04 Å².